The van der Waals surface area contributed by atoms with Gasteiger partial charge in [0.2, 0.25) is 0 Å². The number of amides is 2. The predicted octanol–water partition coefficient (Wildman–Crippen LogP) is 1.83. The van der Waals surface area contributed by atoms with Gasteiger partial charge in [-0.15, -0.1) is 0 Å². The Labute approximate surface area is 129 Å². The Morgan fingerprint density at radius 3 is 2.91 bits per heavy atom. The van der Waals surface area contributed by atoms with Gasteiger partial charge >= 0.3 is 6.03 Å². The van der Waals surface area contributed by atoms with E-state index in [0.29, 0.717) is 11.4 Å². The van der Waals surface area contributed by atoms with Crippen LogP contribution >= 0.6 is 0 Å². The fraction of sp³-hybridized carbons (Fsp3) is 0.312. The summed E-state index contributed by atoms with van der Waals surface area (Å²) in [6, 6.07) is 1.59. The first-order chi connectivity index (χ1) is 10.6. The number of hydrogen-bond acceptors (Lipinski definition) is 3. The van der Waals surface area contributed by atoms with Gasteiger partial charge in [0, 0.05) is 19.4 Å². The van der Waals surface area contributed by atoms with Gasteiger partial charge < -0.3 is 15.2 Å². The zero-order valence-electron chi connectivity index (χ0n) is 12.6. The van der Waals surface area contributed by atoms with Crippen molar-refractivity contribution >= 4 is 11.7 Å². The average Bonchev–Trinajstić information content (AvgIpc) is 3.11. The number of pyridine rings is 1. The van der Waals surface area contributed by atoms with Gasteiger partial charge in [-0.25, -0.2) is 9.78 Å². The van der Waals surface area contributed by atoms with Crippen molar-refractivity contribution in [2.75, 3.05) is 5.32 Å². The highest BCUT2D eigenvalue weighted by atomic mass is 16.2. The van der Waals surface area contributed by atoms with Gasteiger partial charge in [0.05, 0.1) is 18.2 Å². The molecule has 6 nitrogen and oxygen atoms in total. The molecular weight excluding hydrogens is 278 g/mol. The molecule has 0 bridgehead atoms. The van der Waals surface area contributed by atoms with Crippen LogP contribution in [0.25, 0.3) is 0 Å². The first-order valence-electron chi connectivity index (χ1n) is 7.07. The molecule has 0 saturated heterocycles. The van der Waals surface area contributed by atoms with Gasteiger partial charge in [-0.1, -0.05) is 5.92 Å². The number of urea groups is 1. The summed E-state index contributed by atoms with van der Waals surface area (Å²) in [6.45, 7) is 1.92. The molecule has 2 aromatic heterocycles. The SMILES string of the molecule is Cc1ccncc1NC(=O)NC1(C#Cc2cn(C)cn2)CC1. The lowest BCUT2D eigenvalue weighted by Gasteiger charge is -2.13. The summed E-state index contributed by atoms with van der Waals surface area (Å²) < 4.78 is 1.84. The second-order valence-corrected chi connectivity index (χ2v) is 5.53. The van der Waals surface area contributed by atoms with Crippen LogP contribution < -0.4 is 10.6 Å². The van der Waals surface area contributed by atoms with Crippen molar-refractivity contribution in [3.05, 3.63) is 42.2 Å². The minimum Gasteiger partial charge on any atom is -0.339 e. The third-order valence-corrected chi connectivity index (χ3v) is 3.52. The summed E-state index contributed by atoms with van der Waals surface area (Å²) in [4.78, 5) is 20.3. The van der Waals surface area contributed by atoms with E-state index in [9.17, 15) is 4.79 Å². The molecule has 0 unspecified atom stereocenters. The summed E-state index contributed by atoms with van der Waals surface area (Å²) in [5.41, 5.74) is 1.94. The van der Waals surface area contributed by atoms with Crippen molar-refractivity contribution in [1.82, 2.24) is 19.9 Å². The Kier molecular flexibility index (Phi) is 3.55. The fourth-order valence-electron chi connectivity index (χ4n) is 2.03. The lowest BCUT2D eigenvalue weighted by atomic mass is 10.2. The number of hydrogen-bond donors (Lipinski definition) is 2. The van der Waals surface area contributed by atoms with Gasteiger partial charge in [0.15, 0.2) is 0 Å². The van der Waals surface area contributed by atoms with Gasteiger partial charge in [-0.3, -0.25) is 4.98 Å². The molecule has 3 rings (SSSR count). The Balaban J connectivity index is 1.64. The number of aryl methyl sites for hydroxylation is 2. The zero-order chi connectivity index (χ0) is 15.6. The van der Waals surface area contributed by atoms with Gasteiger partial charge in [0.25, 0.3) is 0 Å². The zero-order valence-corrected chi connectivity index (χ0v) is 12.6. The van der Waals surface area contributed by atoms with Crippen LogP contribution in [0.2, 0.25) is 0 Å². The smallest absolute Gasteiger partial charge is 0.320 e. The van der Waals surface area contributed by atoms with Crippen molar-refractivity contribution < 1.29 is 4.79 Å². The van der Waals surface area contributed by atoms with Crippen molar-refractivity contribution in [2.24, 2.45) is 7.05 Å². The maximum atomic E-state index is 12.1. The molecule has 1 saturated carbocycles. The van der Waals surface area contributed by atoms with Crippen LogP contribution in [0, 0.1) is 18.8 Å². The van der Waals surface area contributed by atoms with Gasteiger partial charge in [0.1, 0.15) is 11.2 Å². The molecule has 112 valence electrons. The van der Waals surface area contributed by atoms with E-state index >= 15 is 0 Å². The van der Waals surface area contributed by atoms with Crippen LogP contribution in [0.5, 0.6) is 0 Å². The van der Waals surface area contributed by atoms with Gasteiger partial charge in [-0.2, -0.15) is 0 Å². The summed E-state index contributed by atoms with van der Waals surface area (Å²) in [7, 11) is 1.90. The Bertz CT molecular complexity index is 764. The number of nitrogens with zero attached hydrogens (tertiary/aromatic N) is 3. The number of aromatic nitrogens is 3. The molecule has 1 fully saturated rings. The van der Waals surface area contributed by atoms with E-state index in [1.54, 1.807) is 18.7 Å². The molecule has 2 N–H and O–H groups in total. The molecule has 22 heavy (non-hydrogen) atoms. The second kappa shape index (κ2) is 5.53. The van der Waals surface area contributed by atoms with E-state index in [1.165, 1.54) is 0 Å². The monoisotopic (exact) mass is 295 g/mol. The molecule has 0 aromatic carbocycles. The van der Waals surface area contributed by atoms with Crippen LogP contribution in [0.3, 0.4) is 0 Å². The van der Waals surface area contributed by atoms with Crippen LogP contribution in [0.4, 0.5) is 10.5 Å². The van der Waals surface area contributed by atoms with Crippen LogP contribution in [-0.4, -0.2) is 26.1 Å². The Morgan fingerprint density at radius 2 is 2.27 bits per heavy atom. The molecule has 2 aromatic rings. The summed E-state index contributed by atoms with van der Waals surface area (Å²) in [6.07, 6.45) is 8.59. The second-order valence-electron chi connectivity index (χ2n) is 5.53. The van der Waals surface area contributed by atoms with Crippen LogP contribution in [0.15, 0.2) is 31.0 Å². The maximum absolute atomic E-state index is 12.1. The van der Waals surface area contributed by atoms with Crippen LogP contribution in [-0.2, 0) is 7.05 Å². The fourth-order valence-corrected chi connectivity index (χ4v) is 2.03. The Hall–Kier alpha value is -2.81. The first-order valence-corrected chi connectivity index (χ1v) is 7.07. The molecule has 1 aliphatic carbocycles. The molecule has 0 radical (unpaired) electrons. The summed E-state index contributed by atoms with van der Waals surface area (Å²) in [5, 5.41) is 5.74. The molecular formula is C16H17N5O. The van der Waals surface area contributed by atoms with Crippen molar-refractivity contribution in [2.45, 2.75) is 25.3 Å². The van der Waals surface area contributed by atoms with Gasteiger partial charge in [-0.05, 0) is 37.3 Å². The number of anilines is 1. The minimum absolute atomic E-state index is 0.260. The number of carbonyl (C=O) groups excluding carboxylic acids is 1. The number of rotatable bonds is 2. The lowest BCUT2D eigenvalue weighted by molar-refractivity contribution is 0.250. The van der Waals surface area contributed by atoms with E-state index in [4.69, 9.17) is 0 Å². The number of imidazole rings is 1. The van der Waals surface area contributed by atoms with Crippen LogP contribution in [0.1, 0.15) is 24.1 Å². The molecule has 6 heteroatoms. The molecule has 0 spiro atoms. The van der Waals surface area contributed by atoms with Crippen molar-refractivity contribution in [3.63, 3.8) is 0 Å². The third kappa shape index (κ3) is 3.26. The minimum atomic E-state index is -0.433. The predicted molar refractivity (Wildman–Crippen MR) is 83.2 cm³/mol. The highest BCUT2D eigenvalue weighted by molar-refractivity contribution is 5.91. The molecule has 0 atom stereocenters. The van der Waals surface area contributed by atoms with E-state index in [0.717, 1.165) is 18.4 Å². The topological polar surface area (TPSA) is 71.8 Å². The first kappa shape index (κ1) is 14.1. The van der Waals surface area contributed by atoms with E-state index in [-0.39, 0.29) is 6.03 Å². The van der Waals surface area contributed by atoms with Crippen molar-refractivity contribution in [1.29, 1.82) is 0 Å². The van der Waals surface area contributed by atoms with E-state index < -0.39 is 5.54 Å². The largest absolute Gasteiger partial charge is 0.339 e. The molecule has 2 heterocycles. The molecule has 0 aliphatic heterocycles. The normalized spacial score (nSPS) is 14.6. The van der Waals surface area contributed by atoms with Crippen molar-refractivity contribution in [3.8, 4) is 11.8 Å². The quantitative estimate of drug-likeness (QED) is 0.830. The van der Waals surface area contributed by atoms with E-state index in [2.05, 4.69) is 32.4 Å². The standard InChI is InChI=1S/C16H17N5O/c1-12-4-8-17-9-14(12)19-15(22)20-16(6-7-16)5-3-13-10-21(2)11-18-13/h4,8-11H,6-7H2,1-2H3,(H2,19,20,22). The Morgan fingerprint density at radius 1 is 1.45 bits per heavy atom. The molecule has 2 amide bonds. The van der Waals surface area contributed by atoms with E-state index in [1.807, 2.05) is 30.8 Å². The molecule has 1 aliphatic rings. The number of carbonyl (C=O) groups is 1. The third-order valence-electron chi connectivity index (χ3n) is 3.52. The summed E-state index contributed by atoms with van der Waals surface area (Å²) >= 11 is 0. The maximum Gasteiger partial charge on any atom is 0.320 e. The average molecular weight is 295 g/mol. The summed E-state index contributed by atoms with van der Waals surface area (Å²) in [5.74, 6) is 6.13. The highest BCUT2D eigenvalue weighted by Gasteiger charge is 2.42. The lowest BCUT2D eigenvalue weighted by Crippen LogP contribution is -2.39. The number of nitrogens with one attached hydrogen (secondary N) is 2. The highest BCUT2D eigenvalue weighted by Crippen LogP contribution is 2.34.